The molecule has 7 heterocycles. The van der Waals surface area contributed by atoms with Gasteiger partial charge >= 0.3 is 5.97 Å². The number of nitrogens with one attached hydrogen (secondary N) is 9. The van der Waals surface area contributed by atoms with E-state index in [4.69, 9.17) is 69.0 Å². The normalized spacial score (nSPS) is 27.1. The first-order chi connectivity index (χ1) is 55.0. The van der Waals surface area contributed by atoms with Gasteiger partial charge in [0, 0.05) is 40.4 Å². The number of anilines is 1. The highest BCUT2D eigenvalue weighted by molar-refractivity contribution is 6.32. The number of primary amides is 1. The molecule has 0 saturated carbocycles. The number of aliphatic hydroxyl groups excluding tert-OH is 6. The van der Waals surface area contributed by atoms with Gasteiger partial charge in [0.2, 0.25) is 59.3 Å². The summed E-state index contributed by atoms with van der Waals surface area (Å²) in [5.74, 6) is -17.3. The maximum absolute atomic E-state index is 16.3. The number of halogens is 3. The Kier molecular flexibility index (Phi) is 27.2. The van der Waals surface area contributed by atoms with Gasteiger partial charge in [-0.3, -0.25) is 43.2 Å². The second kappa shape index (κ2) is 36.4. The molecule has 116 heavy (non-hydrogen) atoms. The molecule has 8 amide bonds. The molecule has 6 aromatic carbocycles. The third kappa shape index (κ3) is 19.3. The summed E-state index contributed by atoms with van der Waals surface area (Å²) in [6.45, 7) is 8.63. The van der Waals surface area contributed by atoms with Crippen LogP contribution in [0.3, 0.4) is 0 Å². The number of amides is 8. The molecule has 2 saturated heterocycles. The van der Waals surface area contributed by atoms with Crippen LogP contribution in [-0.4, -0.2) is 202 Å². The Balaban J connectivity index is 1.15. The van der Waals surface area contributed by atoms with Crippen molar-refractivity contribution >= 4 is 93.7 Å². The molecule has 0 aliphatic carbocycles. The summed E-state index contributed by atoms with van der Waals surface area (Å²) >= 11 is 20.6. The molecule has 622 valence electrons. The molecular weight excluding hydrogens is 1580 g/mol. The number of carboxylic acid groups (broad SMARTS) is 1. The van der Waals surface area contributed by atoms with E-state index < -0.39 is 250 Å². The van der Waals surface area contributed by atoms with Crippen molar-refractivity contribution in [2.75, 3.05) is 18.5 Å². The number of phenols is 3. The summed E-state index contributed by atoms with van der Waals surface area (Å²) in [5.41, 5.74) is 2.13. The number of ether oxygens (including phenoxy) is 6. The molecule has 0 spiro atoms. The third-order valence-corrected chi connectivity index (χ3v) is 21.4. The van der Waals surface area contributed by atoms with Crippen LogP contribution in [0.2, 0.25) is 15.1 Å². The number of hydrogen-bond donors (Lipinski definition) is 20. The molecular formula is C78H89Cl3N10O25. The number of hydrogen-bond acceptors (Lipinski definition) is 26. The SMILES string of the molecule is CCC(CC)N[C@H](CC(C)C)C(=O)N[C@H]1C(=O)N[C@@H](CC(N)=O)C(=O)N[C@H]2C(=O)N[C@H]3C(=O)N[C@H](C(=O)N[C@H](C(=O)NCC(=O)O)c4cc(O)cc(O)c4-c4cc3ccc4O)[C@H](O)c3ccc(c(Cl)c3)Oc3cc2cc(c3O[C@@H]2O[C@@H](CO)[C@@H](O)[C@H](O)[C@@H]2O[C@H]2C[C@](C)(Nc3ccc(Cl)cc3)[C@H](O)[C@H](C)O2)Oc2ccc(cc2Cl)[C@H]1O. The van der Waals surface area contributed by atoms with Crippen LogP contribution in [0.15, 0.2) is 103 Å². The number of benzene rings is 6. The fourth-order valence-electron chi connectivity index (χ4n) is 14.4. The molecule has 38 heteroatoms. The standard InChI is InChI=1S/C78H89Cl3N10O25/c1-7-38(8-2)84-45(19-31(3)4)70(104)89-61-63(99)34-10-17-49(43(80)21-34)112-51-23-36-24-52(67(51)116-77-68(66(102)65(101)53(30-92)114-77)115-56-28-78(6,69(103)32(5)111-56)91-39-14-12-37(79)13-15-39)113-50-18-11-35(22-44(50)81)64(100)62-76(110)88-60(72(106)83-29-55(97)98)42-25-40(93)26-48(95)57(42)41-20-33(9-16-47(41)94)58(73(107)90-62)87-74(108)59(36)86-71(105)46(27-54(82)96)85-75(61)109/h9-18,20-26,31-32,38,45-46,53,56,58-66,68-69,77,84,91-95,99-103H,7-8,19,27-30H2,1-6H3,(H2,82,96)(H,83,106)(H,85,109)(H,86,105)(H,87,108)(H,88,110)(H,89,104)(H,90,107)(H,97,98)/t32-,45+,46-,53-,56-,58+,59+,60-,61+,62-,63+,64+,65+,66-,68-,69+,77-,78-/m0/s1. The molecule has 35 nitrogen and oxygen atoms in total. The lowest BCUT2D eigenvalue weighted by atomic mass is 9.84. The molecule has 7 aliphatic rings. The second-order valence-corrected chi connectivity index (χ2v) is 30.7. The Hall–Kier alpha value is -10.4. The highest BCUT2D eigenvalue weighted by atomic mass is 35.5. The van der Waals surface area contributed by atoms with Gasteiger partial charge in [-0.25, -0.2) is 0 Å². The fraction of sp³-hybridized carbons (Fsp3) is 0.423. The van der Waals surface area contributed by atoms with E-state index in [-0.39, 0.29) is 52.3 Å². The number of phenolic OH excluding ortho intramolecular Hbond substituents is 3. The van der Waals surface area contributed by atoms with Crippen molar-refractivity contribution in [1.82, 2.24) is 42.5 Å². The van der Waals surface area contributed by atoms with Crippen LogP contribution in [0.1, 0.15) is 132 Å². The molecule has 6 aromatic rings. The van der Waals surface area contributed by atoms with Crippen LogP contribution in [0.25, 0.3) is 11.1 Å². The van der Waals surface area contributed by atoms with Crippen molar-refractivity contribution in [3.05, 3.63) is 146 Å². The minimum absolute atomic E-state index is 0.123. The smallest absolute Gasteiger partial charge is 0.322 e. The van der Waals surface area contributed by atoms with Crippen molar-refractivity contribution in [1.29, 1.82) is 0 Å². The molecule has 11 bridgehead atoms. The van der Waals surface area contributed by atoms with Crippen LogP contribution in [-0.2, 0) is 57.4 Å². The predicted octanol–water partition coefficient (Wildman–Crippen LogP) is 3.59. The Morgan fingerprint density at radius 1 is 0.681 bits per heavy atom. The molecule has 18 atom stereocenters. The zero-order valence-corrected chi connectivity index (χ0v) is 65.3. The first-order valence-corrected chi connectivity index (χ1v) is 38.2. The number of aliphatic hydroxyl groups is 6. The van der Waals surface area contributed by atoms with Gasteiger partial charge in [-0.05, 0) is 146 Å². The van der Waals surface area contributed by atoms with E-state index in [1.54, 1.807) is 38.1 Å². The van der Waals surface area contributed by atoms with Crippen molar-refractivity contribution in [2.45, 2.75) is 189 Å². The van der Waals surface area contributed by atoms with Crippen LogP contribution < -0.4 is 67.8 Å². The number of carboxylic acids is 1. The van der Waals surface area contributed by atoms with Crippen LogP contribution in [0, 0.1) is 5.92 Å². The van der Waals surface area contributed by atoms with Crippen molar-refractivity contribution < 1.29 is 123 Å². The average Bonchev–Trinajstić information content (AvgIpc) is 0.766. The summed E-state index contributed by atoms with van der Waals surface area (Å²) in [4.78, 5) is 132. The lowest BCUT2D eigenvalue weighted by molar-refractivity contribution is -0.332. The van der Waals surface area contributed by atoms with Crippen molar-refractivity contribution in [3.63, 3.8) is 0 Å². The summed E-state index contributed by atoms with van der Waals surface area (Å²) in [7, 11) is 0. The van der Waals surface area contributed by atoms with Crippen LogP contribution in [0.5, 0.6) is 46.0 Å². The largest absolute Gasteiger partial charge is 0.508 e. The molecule has 0 unspecified atom stereocenters. The number of aromatic hydroxyl groups is 3. The third-order valence-electron chi connectivity index (χ3n) is 20.5. The Morgan fingerprint density at radius 3 is 1.90 bits per heavy atom. The lowest BCUT2D eigenvalue weighted by Crippen LogP contribution is -2.64. The van der Waals surface area contributed by atoms with E-state index in [0.717, 1.165) is 66.7 Å². The molecule has 0 radical (unpaired) electrons. The van der Waals surface area contributed by atoms with E-state index >= 15 is 24.0 Å². The van der Waals surface area contributed by atoms with Gasteiger partial charge in [0.25, 0.3) is 0 Å². The quantitative estimate of drug-likeness (QED) is 0.0519. The first-order valence-electron chi connectivity index (χ1n) is 37.0. The number of carbonyl (C=O) groups is 9. The topological polar surface area (TPSA) is 546 Å². The maximum Gasteiger partial charge on any atom is 0.322 e. The predicted molar refractivity (Wildman–Crippen MR) is 412 cm³/mol. The zero-order valence-electron chi connectivity index (χ0n) is 63.0. The van der Waals surface area contributed by atoms with Crippen LogP contribution >= 0.6 is 34.8 Å². The Morgan fingerprint density at radius 2 is 1.29 bits per heavy atom. The highest BCUT2D eigenvalue weighted by Crippen LogP contribution is 2.50. The minimum atomic E-state index is -2.39. The van der Waals surface area contributed by atoms with Crippen LogP contribution in [0.4, 0.5) is 5.69 Å². The number of aliphatic carboxylic acids is 1. The van der Waals surface area contributed by atoms with E-state index in [9.17, 15) is 70.2 Å². The van der Waals surface area contributed by atoms with Gasteiger partial charge in [0.05, 0.1) is 40.8 Å². The Bertz CT molecular complexity index is 4740. The van der Waals surface area contributed by atoms with Gasteiger partial charge < -0.3 is 133 Å². The molecule has 13 rings (SSSR count). The summed E-state index contributed by atoms with van der Waals surface area (Å²) in [6.07, 6.45) is -17.8. The van der Waals surface area contributed by atoms with Gasteiger partial charge in [0.1, 0.15) is 108 Å². The van der Waals surface area contributed by atoms with Gasteiger partial charge in [-0.1, -0.05) is 80.7 Å². The Labute approximate surface area is 677 Å². The monoisotopic (exact) mass is 1670 g/mol. The number of nitrogens with two attached hydrogens (primary N) is 1. The minimum Gasteiger partial charge on any atom is -0.508 e. The van der Waals surface area contributed by atoms with Gasteiger partial charge in [-0.15, -0.1) is 0 Å². The summed E-state index contributed by atoms with van der Waals surface area (Å²) in [6, 6.07) is 5.56. The number of fused-ring (bicyclic) bond motifs is 15. The van der Waals surface area contributed by atoms with Crippen molar-refractivity contribution in [3.8, 4) is 57.1 Å². The number of carbonyl (C=O) groups excluding carboxylic acids is 8. The van der Waals surface area contributed by atoms with E-state index in [2.05, 4.69) is 47.9 Å². The molecule has 0 aromatic heterocycles. The highest BCUT2D eigenvalue weighted by Gasteiger charge is 2.52. The maximum atomic E-state index is 16.3. The summed E-state index contributed by atoms with van der Waals surface area (Å²) < 4.78 is 39.3. The van der Waals surface area contributed by atoms with E-state index in [1.165, 1.54) is 12.1 Å². The average molecular weight is 1670 g/mol. The number of rotatable bonds is 20. The first kappa shape index (κ1) is 86.5. The fourth-order valence-corrected chi connectivity index (χ4v) is 15.0. The molecule has 21 N–H and O–H groups in total. The van der Waals surface area contributed by atoms with E-state index in [0.29, 0.717) is 23.6 Å². The lowest BCUT2D eigenvalue weighted by Gasteiger charge is -2.48. The second-order valence-electron chi connectivity index (χ2n) is 29.4. The zero-order chi connectivity index (χ0) is 84.2. The van der Waals surface area contributed by atoms with Gasteiger partial charge in [0.15, 0.2) is 23.9 Å². The molecule has 2 fully saturated rings. The van der Waals surface area contributed by atoms with Crippen molar-refractivity contribution in [2.24, 2.45) is 11.7 Å². The van der Waals surface area contributed by atoms with E-state index in [1.807, 2.05) is 27.7 Å². The van der Waals surface area contributed by atoms with Gasteiger partial charge in [-0.2, -0.15) is 0 Å². The molecule has 7 aliphatic heterocycles. The summed E-state index contributed by atoms with van der Waals surface area (Å²) in [5, 5.41) is 139.